The van der Waals surface area contributed by atoms with Gasteiger partial charge in [0.05, 0.1) is 26.3 Å². The summed E-state index contributed by atoms with van der Waals surface area (Å²) in [5, 5.41) is 10.4. The number of carbonyl (C=O) groups is 2. The van der Waals surface area contributed by atoms with E-state index in [9.17, 15) is 14.7 Å². The van der Waals surface area contributed by atoms with Crippen LogP contribution >= 0.6 is 0 Å². The molecule has 1 amide bonds. The Bertz CT molecular complexity index is 675. The second-order valence-corrected chi connectivity index (χ2v) is 5.38. The first kappa shape index (κ1) is 14.4. The SMILES string of the molecule is COc1ccc(/C(O)=C2\C(=O)CN(C3CC3)C2=O)c(OC)c1. The fourth-order valence-corrected chi connectivity index (χ4v) is 2.61. The molecule has 0 aromatic heterocycles. The first-order valence-corrected chi connectivity index (χ1v) is 7.06. The second kappa shape index (κ2) is 5.36. The van der Waals surface area contributed by atoms with E-state index in [4.69, 9.17) is 9.47 Å². The molecule has 1 aliphatic carbocycles. The molecule has 0 unspecified atom stereocenters. The normalized spacial score (nSPS) is 20.4. The molecule has 0 spiro atoms. The third-order valence-electron chi connectivity index (χ3n) is 3.96. The Morgan fingerprint density at radius 2 is 1.95 bits per heavy atom. The molecule has 0 atom stereocenters. The summed E-state index contributed by atoms with van der Waals surface area (Å²) >= 11 is 0. The van der Waals surface area contributed by atoms with E-state index in [0.29, 0.717) is 17.1 Å². The second-order valence-electron chi connectivity index (χ2n) is 5.38. The number of likely N-dealkylation sites (tertiary alicyclic amines) is 1. The molecule has 116 valence electrons. The van der Waals surface area contributed by atoms with Crippen molar-refractivity contribution in [2.75, 3.05) is 20.8 Å². The molecule has 0 radical (unpaired) electrons. The largest absolute Gasteiger partial charge is 0.506 e. The van der Waals surface area contributed by atoms with Gasteiger partial charge in [-0.05, 0) is 25.0 Å². The summed E-state index contributed by atoms with van der Waals surface area (Å²) in [5.41, 5.74) is 0.146. The van der Waals surface area contributed by atoms with Crippen LogP contribution in [0.3, 0.4) is 0 Å². The third-order valence-corrected chi connectivity index (χ3v) is 3.96. The van der Waals surface area contributed by atoms with Gasteiger partial charge in [-0.15, -0.1) is 0 Å². The van der Waals surface area contributed by atoms with Crippen molar-refractivity contribution in [2.45, 2.75) is 18.9 Å². The van der Waals surface area contributed by atoms with Crippen LogP contribution in [0.4, 0.5) is 0 Å². The summed E-state index contributed by atoms with van der Waals surface area (Å²) in [5.74, 6) is -0.190. The Hall–Kier alpha value is -2.50. The molecule has 2 aliphatic rings. The van der Waals surface area contributed by atoms with Gasteiger partial charge >= 0.3 is 0 Å². The fraction of sp³-hybridized carbons (Fsp3) is 0.375. The first-order valence-electron chi connectivity index (χ1n) is 7.06. The predicted octanol–water partition coefficient (Wildman–Crippen LogP) is 1.55. The van der Waals surface area contributed by atoms with Gasteiger partial charge in [-0.2, -0.15) is 0 Å². The van der Waals surface area contributed by atoms with Gasteiger partial charge in [0.1, 0.15) is 22.8 Å². The predicted molar refractivity (Wildman–Crippen MR) is 78.8 cm³/mol. The van der Waals surface area contributed by atoms with E-state index in [2.05, 4.69) is 0 Å². The zero-order valence-corrected chi connectivity index (χ0v) is 12.5. The topological polar surface area (TPSA) is 76.1 Å². The number of hydrogen-bond acceptors (Lipinski definition) is 5. The smallest absolute Gasteiger partial charge is 0.262 e. The van der Waals surface area contributed by atoms with E-state index in [1.54, 1.807) is 18.2 Å². The number of carbonyl (C=O) groups excluding carboxylic acids is 2. The van der Waals surface area contributed by atoms with Crippen LogP contribution in [0, 0.1) is 0 Å². The Morgan fingerprint density at radius 1 is 1.23 bits per heavy atom. The van der Waals surface area contributed by atoms with E-state index in [1.165, 1.54) is 19.1 Å². The Morgan fingerprint density at radius 3 is 2.55 bits per heavy atom. The van der Waals surface area contributed by atoms with Crippen LogP contribution in [0.1, 0.15) is 18.4 Å². The highest BCUT2D eigenvalue weighted by atomic mass is 16.5. The number of amides is 1. The molecule has 3 rings (SSSR count). The summed E-state index contributed by atoms with van der Waals surface area (Å²) in [7, 11) is 2.97. The van der Waals surface area contributed by atoms with Crippen LogP contribution in [-0.4, -0.2) is 48.5 Å². The van der Waals surface area contributed by atoms with Gasteiger partial charge in [0.25, 0.3) is 5.91 Å². The number of rotatable bonds is 4. The molecule has 1 saturated heterocycles. The molecular formula is C16H17NO5. The van der Waals surface area contributed by atoms with Crippen LogP contribution in [-0.2, 0) is 9.59 Å². The number of benzene rings is 1. The molecule has 0 bridgehead atoms. The lowest BCUT2D eigenvalue weighted by molar-refractivity contribution is -0.125. The molecular weight excluding hydrogens is 286 g/mol. The van der Waals surface area contributed by atoms with Crippen LogP contribution in [0.2, 0.25) is 0 Å². The summed E-state index contributed by atoms with van der Waals surface area (Å²) < 4.78 is 10.3. The summed E-state index contributed by atoms with van der Waals surface area (Å²) in [6, 6.07) is 4.94. The van der Waals surface area contributed by atoms with Crippen molar-refractivity contribution >= 4 is 17.4 Å². The average Bonchev–Trinajstić information content (AvgIpc) is 3.32. The number of Topliss-reactive ketones (excluding diaryl/α,β-unsaturated/α-hetero) is 1. The standard InChI is InChI=1S/C16H17NO5/c1-21-10-5-6-11(13(7-10)22-2)15(19)14-12(18)8-17(16(14)20)9-3-4-9/h5-7,9,19H,3-4,8H2,1-2H3/b15-14-. The van der Waals surface area contributed by atoms with Gasteiger partial charge in [0.15, 0.2) is 5.78 Å². The molecule has 2 fully saturated rings. The van der Waals surface area contributed by atoms with Gasteiger partial charge in [0.2, 0.25) is 0 Å². The van der Waals surface area contributed by atoms with Crippen LogP contribution in [0.25, 0.3) is 5.76 Å². The molecule has 1 heterocycles. The molecule has 1 aromatic carbocycles. The maximum Gasteiger partial charge on any atom is 0.262 e. The molecule has 1 saturated carbocycles. The van der Waals surface area contributed by atoms with Crippen molar-refractivity contribution in [1.82, 2.24) is 4.90 Å². The zero-order valence-electron chi connectivity index (χ0n) is 12.5. The minimum atomic E-state index is -0.400. The number of aliphatic hydroxyl groups is 1. The highest BCUT2D eigenvalue weighted by molar-refractivity contribution is 6.29. The van der Waals surface area contributed by atoms with Crippen molar-refractivity contribution in [3.05, 3.63) is 29.3 Å². The molecule has 6 nitrogen and oxygen atoms in total. The maximum atomic E-state index is 12.4. The highest BCUT2D eigenvalue weighted by Gasteiger charge is 2.44. The monoisotopic (exact) mass is 303 g/mol. The van der Waals surface area contributed by atoms with Crippen molar-refractivity contribution in [3.8, 4) is 11.5 Å². The number of ether oxygens (including phenoxy) is 2. The maximum absolute atomic E-state index is 12.4. The van der Waals surface area contributed by atoms with Crippen molar-refractivity contribution in [1.29, 1.82) is 0 Å². The number of nitrogens with zero attached hydrogens (tertiary/aromatic N) is 1. The third kappa shape index (κ3) is 2.30. The zero-order chi connectivity index (χ0) is 15.9. The summed E-state index contributed by atoms with van der Waals surface area (Å²) in [4.78, 5) is 26.0. The number of hydrogen-bond donors (Lipinski definition) is 1. The van der Waals surface area contributed by atoms with Crippen LogP contribution in [0.15, 0.2) is 23.8 Å². The fourth-order valence-electron chi connectivity index (χ4n) is 2.61. The highest BCUT2D eigenvalue weighted by Crippen LogP contribution is 2.36. The van der Waals surface area contributed by atoms with Crippen molar-refractivity contribution in [2.24, 2.45) is 0 Å². The lowest BCUT2D eigenvalue weighted by atomic mass is 10.1. The van der Waals surface area contributed by atoms with E-state index < -0.39 is 5.91 Å². The lowest BCUT2D eigenvalue weighted by Gasteiger charge is -2.13. The number of ketones is 1. The van der Waals surface area contributed by atoms with E-state index in [-0.39, 0.29) is 29.7 Å². The molecule has 1 aromatic rings. The first-order chi connectivity index (χ1) is 10.6. The average molecular weight is 303 g/mol. The molecule has 1 aliphatic heterocycles. The summed E-state index contributed by atoms with van der Waals surface area (Å²) in [6.45, 7) is 0.0430. The number of methoxy groups -OCH3 is 2. The van der Waals surface area contributed by atoms with Crippen LogP contribution < -0.4 is 9.47 Å². The quantitative estimate of drug-likeness (QED) is 0.519. The van der Waals surface area contributed by atoms with Gasteiger partial charge in [-0.25, -0.2) is 0 Å². The summed E-state index contributed by atoms with van der Waals surface area (Å²) in [6.07, 6.45) is 1.83. The lowest BCUT2D eigenvalue weighted by Crippen LogP contribution is -2.27. The van der Waals surface area contributed by atoms with E-state index in [0.717, 1.165) is 12.8 Å². The van der Waals surface area contributed by atoms with Gasteiger partial charge < -0.3 is 19.5 Å². The minimum Gasteiger partial charge on any atom is -0.506 e. The number of aliphatic hydroxyl groups excluding tert-OH is 1. The van der Waals surface area contributed by atoms with Gasteiger partial charge in [-0.1, -0.05) is 0 Å². The Labute approximate surface area is 127 Å². The van der Waals surface area contributed by atoms with Gasteiger partial charge in [0, 0.05) is 12.1 Å². The van der Waals surface area contributed by atoms with Crippen LogP contribution in [0.5, 0.6) is 11.5 Å². The van der Waals surface area contributed by atoms with E-state index in [1.807, 2.05) is 0 Å². The van der Waals surface area contributed by atoms with Crippen molar-refractivity contribution in [3.63, 3.8) is 0 Å². The Kier molecular flexibility index (Phi) is 3.52. The molecule has 1 N–H and O–H groups in total. The Balaban J connectivity index is 2.03. The van der Waals surface area contributed by atoms with Crippen molar-refractivity contribution < 1.29 is 24.2 Å². The van der Waals surface area contributed by atoms with E-state index >= 15 is 0 Å². The minimum absolute atomic E-state index is 0.0430. The van der Waals surface area contributed by atoms with Gasteiger partial charge in [-0.3, -0.25) is 9.59 Å². The molecule has 6 heteroatoms. The molecule has 22 heavy (non-hydrogen) atoms.